The minimum atomic E-state index is 0. The average molecular weight is 438 g/mol. The third-order valence-electron chi connectivity index (χ3n) is 4.68. The number of guanidine groups is 1. The van der Waals surface area contributed by atoms with Gasteiger partial charge in [-0.25, -0.2) is 0 Å². The maximum absolute atomic E-state index is 4.82. The van der Waals surface area contributed by atoms with Gasteiger partial charge in [0, 0.05) is 26.2 Å². The van der Waals surface area contributed by atoms with Crippen LogP contribution in [0.15, 0.2) is 4.99 Å². The molecule has 1 saturated heterocycles. The number of hydrogen-bond acceptors (Lipinski definition) is 2. The molecule has 2 atom stereocenters. The molecule has 0 amide bonds. The molecular formula is C18H39IN4. The first-order valence-corrected chi connectivity index (χ1v) is 9.40. The van der Waals surface area contributed by atoms with Gasteiger partial charge in [0.25, 0.3) is 0 Å². The smallest absolute Gasteiger partial charge is 0.191 e. The minimum Gasteiger partial charge on any atom is -0.357 e. The largest absolute Gasteiger partial charge is 0.357 e. The Morgan fingerprint density at radius 1 is 1.26 bits per heavy atom. The summed E-state index contributed by atoms with van der Waals surface area (Å²) < 4.78 is 0. The second-order valence-corrected chi connectivity index (χ2v) is 6.79. The lowest BCUT2D eigenvalue weighted by atomic mass is 9.98. The molecule has 23 heavy (non-hydrogen) atoms. The van der Waals surface area contributed by atoms with Gasteiger partial charge in [0.05, 0.1) is 0 Å². The van der Waals surface area contributed by atoms with Gasteiger partial charge < -0.3 is 15.5 Å². The summed E-state index contributed by atoms with van der Waals surface area (Å²) in [7, 11) is 2.23. The Kier molecular flexibility index (Phi) is 14.3. The highest BCUT2D eigenvalue weighted by Gasteiger charge is 2.17. The van der Waals surface area contributed by atoms with E-state index in [1.54, 1.807) is 0 Å². The van der Waals surface area contributed by atoms with Gasteiger partial charge in [0.15, 0.2) is 5.96 Å². The van der Waals surface area contributed by atoms with Crippen LogP contribution in [0.4, 0.5) is 0 Å². The highest BCUT2D eigenvalue weighted by Crippen LogP contribution is 2.14. The van der Waals surface area contributed by atoms with Crippen molar-refractivity contribution in [2.75, 3.05) is 39.8 Å². The van der Waals surface area contributed by atoms with Crippen LogP contribution >= 0.6 is 24.0 Å². The molecule has 1 fully saturated rings. The monoisotopic (exact) mass is 438 g/mol. The molecule has 1 aliphatic rings. The van der Waals surface area contributed by atoms with Crippen LogP contribution in [0.1, 0.15) is 59.3 Å². The molecule has 0 aromatic heterocycles. The van der Waals surface area contributed by atoms with Crippen LogP contribution in [0, 0.1) is 11.8 Å². The van der Waals surface area contributed by atoms with E-state index in [0.29, 0.717) is 0 Å². The van der Waals surface area contributed by atoms with Crippen LogP contribution < -0.4 is 10.6 Å². The Hall–Kier alpha value is -0.0400. The summed E-state index contributed by atoms with van der Waals surface area (Å²) in [6.45, 7) is 12.1. The van der Waals surface area contributed by atoms with Gasteiger partial charge in [-0.15, -0.1) is 24.0 Å². The van der Waals surface area contributed by atoms with Crippen molar-refractivity contribution in [3.8, 4) is 0 Å². The predicted molar refractivity (Wildman–Crippen MR) is 113 cm³/mol. The number of aliphatic imine (C=N–C) groups is 1. The van der Waals surface area contributed by atoms with E-state index >= 15 is 0 Å². The second-order valence-electron chi connectivity index (χ2n) is 6.79. The predicted octanol–water partition coefficient (Wildman–Crippen LogP) is 3.72. The average Bonchev–Trinajstić information content (AvgIpc) is 2.52. The van der Waals surface area contributed by atoms with Crippen molar-refractivity contribution in [3.63, 3.8) is 0 Å². The van der Waals surface area contributed by atoms with Crippen LogP contribution in [-0.4, -0.2) is 50.6 Å². The summed E-state index contributed by atoms with van der Waals surface area (Å²) in [6, 6.07) is 0. The number of likely N-dealkylation sites (tertiary alicyclic amines) is 1. The Morgan fingerprint density at radius 2 is 2.04 bits per heavy atom. The maximum Gasteiger partial charge on any atom is 0.191 e. The van der Waals surface area contributed by atoms with Crippen LogP contribution in [0.2, 0.25) is 0 Å². The van der Waals surface area contributed by atoms with Crippen LogP contribution in [0.25, 0.3) is 0 Å². The summed E-state index contributed by atoms with van der Waals surface area (Å²) in [5, 5.41) is 6.95. The summed E-state index contributed by atoms with van der Waals surface area (Å²) in [5.74, 6) is 2.49. The van der Waals surface area contributed by atoms with Crippen molar-refractivity contribution in [1.29, 1.82) is 0 Å². The number of piperidine rings is 1. The molecule has 5 heteroatoms. The lowest BCUT2D eigenvalue weighted by Gasteiger charge is -2.30. The molecule has 0 saturated carbocycles. The van der Waals surface area contributed by atoms with Crippen molar-refractivity contribution in [2.24, 2.45) is 16.8 Å². The minimum absolute atomic E-state index is 0. The van der Waals surface area contributed by atoms with Crippen LogP contribution in [0.3, 0.4) is 0 Å². The molecule has 0 aromatic rings. The van der Waals surface area contributed by atoms with Crippen molar-refractivity contribution < 1.29 is 0 Å². The van der Waals surface area contributed by atoms with E-state index in [1.807, 2.05) is 0 Å². The first-order chi connectivity index (χ1) is 10.7. The van der Waals surface area contributed by atoms with Gasteiger partial charge >= 0.3 is 0 Å². The molecule has 0 bridgehead atoms. The first-order valence-electron chi connectivity index (χ1n) is 9.40. The number of unbranched alkanes of at least 4 members (excludes halogenated alkanes) is 1. The molecule has 1 rings (SSSR count). The normalized spacial score (nSPS) is 20.7. The molecule has 1 heterocycles. The van der Waals surface area contributed by atoms with E-state index < -0.39 is 0 Å². The van der Waals surface area contributed by atoms with E-state index in [9.17, 15) is 0 Å². The van der Waals surface area contributed by atoms with Gasteiger partial charge in [-0.1, -0.05) is 33.1 Å². The molecule has 0 aromatic carbocycles. The number of nitrogens with one attached hydrogen (secondary N) is 2. The number of rotatable bonds is 9. The van der Waals surface area contributed by atoms with Crippen molar-refractivity contribution >= 4 is 29.9 Å². The zero-order chi connectivity index (χ0) is 16.2. The molecule has 4 nitrogen and oxygen atoms in total. The van der Waals surface area contributed by atoms with E-state index in [4.69, 9.17) is 4.99 Å². The molecule has 2 unspecified atom stereocenters. The molecule has 0 radical (unpaired) electrons. The second kappa shape index (κ2) is 14.3. The fourth-order valence-corrected chi connectivity index (χ4v) is 3.16. The fourth-order valence-electron chi connectivity index (χ4n) is 3.16. The molecule has 0 aliphatic carbocycles. The van der Waals surface area contributed by atoms with E-state index in [1.165, 1.54) is 51.6 Å². The Labute approximate surface area is 161 Å². The van der Waals surface area contributed by atoms with Crippen molar-refractivity contribution in [1.82, 2.24) is 15.5 Å². The van der Waals surface area contributed by atoms with E-state index in [2.05, 4.69) is 43.4 Å². The highest BCUT2D eigenvalue weighted by molar-refractivity contribution is 14.0. The third kappa shape index (κ3) is 10.4. The van der Waals surface area contributed by atoms with Gasteiger partial charge in [-0.05, 0) is 51.6 Å². The quantitative estimate of drug-likeness (QED) is 0.328. The van der Waals surface area contributed by atoms with E-state index in [-0.39, 0.29) is 24.0 Å². The zero-order valence-corrected chi connectivity index (χ0v) is 18.1. The summed E-state index contributed by atoms with van der Waals surface area (Å²) >= 11 is 0. The van der Waals surface area contributed by atoms with Crippen molar-refractivity contribution in [2.45, 2.75) is 59.3 Å². The topological polar surface area (TPSA) is 39.7 Å². The lowest BCUT2D eigenvalue weighted by Crippen LogP contribution is -2.43. The lowest BCUT2D eigenvalue weighted by molar-refractivity contribution is 0.210. The van der Waals surface area contributed by atoms with Gasteiger partial charge in [-0.2, -0.15) is 0 Å². The molecule has 2 N–H and O–H groups in total. The first kappa shape index (κ1) is 23.0. The van der Waals surface area contributed by atoms with Gasteiger partial charge in [0.2, 0.25) is 0 Å². The van der Waals surface area contributed by atoms with E-state index in [0.717, 1.165) is 37.4 Å². The Balaban J connectivity index is 0.00000484. The molecule has 0 spiro atoms. The summed E-state index contributed by atoms with van der Waals surface area (Å²) in [5.41, 5.74) is 0. The number of nitrogens with zero attached hydrogens (tertiary/aromatic N) is 2. The fraction of sp³-hybridized carbons (Fsp3) is 0.944. The highest BCUT2D eigenvalue weighted by atomic mass is 127. The van der Waals surface area contributed by atoms with Gasteiger partial charge in [-0.3, -0.25) is 4.99 Å². The van der Waals surface area contributed by atoms with Crippen molar-refractivity contribution in [3.05, 3.63) is 0 Å². The molecule has 138 valence electrons. The van der Waals surface area contributed by atoms with Crippen LogP contribution in [-0.2, 0) is 0 Å². The molecular weight excluding hydrogens is 399 g/mol. The molecule has 1 aliphatic heterocycles. The summed E-state index contributed by atoms with van der Waals surface area (Å²) in [6.07, 6.45) is 7.82. The number of halogens is 1. The Bertz CT molecular complexity index is 309. The zero-order valence-electron chi connectivity index (χ0n) is 15.7. The van der Waals surface area contributed by atoms with Crippen LogP contribution in [0.5, 0.6) is 0 Å². The summed E-state index contributed by atoms with van der Waals surface area (Å²) in [4.78, 5) is 7.26. The number of hydrogen-bond donors (Lipinski definition) is 2. The SMILES string of the molecule is CCCCC(CC)CN=C(NCC)NCC1CCCN(C)C1.I. The standard InChI is InChI=1S/C18H38N4.HI/c1-5-8-10-16(6-2)13-20-18(19-7-3)21-14-17-11-9-12-22(4)15-17;/h16-17H,5-15H2,1-4H3,(H2,19,20,21);1H. The maximum atomic E-state index is 4.82. The Morgan fingerprint density at radius 3 is 2.65 bits per heavy atom. The third-order valence-corrected chi connectivity index (χ3v) is 4.68. The van der Waals surface area contributed by atoms with Gasteiger partial charge in [0.1, 0.15) is 0 Å².